The molecule has 2 nitrogen and oxygen atoms in total. The molecule has 0 amide bonds. The molecule has 2 N–H and O–H groups in total. The van der Waals surface area contributed by atoms with Crippen LogP contribution in [0.3, 0.4) is 0 Å². The fraction of sp³-hybridized carbons (Fsp3) is 1.00. The molecular formula is C7H17NO. The van der Waals surface area contributed by atoms with E-state index in [1.165, 1.54) is 0 Å². The van der Waals surface area contributed by atoms with Gasteiger partial charge in [0.1, 0.15) is 0 Å². The topological polar surface area (TPSA) is 32.3 Å². The van der Waals surface area contributed by atoms with Gasteiger partial charge < -0.3 is 10.4 Å². The minimum atomic E-state index is 0.242. The molecule has 0 aliphatic rings. The van der Waals surface area contributed by atoms with E-state index in [9.17, 15) is 0 Å². The maximum atomic E-state index is 8.77. The molecule has 2 atom stereocenters. The molecule has 0 unspecified atom stereocenters. The maximum absolute atomic E-state index is 8.77. The molecule has 0 saturated heterocycles. The summed E-state index contributed by atoms with van der Waals surface area (Å²) < 4.78 is 0. The van der Waals surface area contributed by atoms with E-state index in [1.54, 1.807) is 0 Å². The molecule has 0 rings (SSSR count). The van der Waals surface area contributed by atoms with Crippen molar-refractivity contribution in [2.24, 2.45) is 5.92 Å². The fourth-order valence-corrected chi connectivity index (χ4v) is 0.840. The number of likely N-dealkylation sites (N-methyl/N-ethyl adjacent to an activating group) is 1. The SMILES string of the molecule is CC[C@@H](C)[C@@H](CO)NC. The number of aliphatic hydroxyl groups is 1. The van der Waals surface area contributed by atoms with E-state index in [1.807, 2.05) is 7.05 Å². The first-order valence-corrected chi connectivity index (χ1v) is 3.54. The predicted octanol–water partition coefficient (Wildman–Crippen LogP) is 0.613. The van der Waals surface area contributed by atoms with Crippen molar-refractivity contribution in [3.8, 4) is 0 Å². The van der Waals surface area contributed by atoms with E-state index in [4.69, 9.17) is 5.11 Å². The third-order valence-electron chi connectivity index (χ3n) is 1.90. The van der Waals surface area contributed by atoms with Crippen molar-refractivity contribution in [1.29, 1.82) is 0 Å². The van der Waals surface area contributed by atoms with Crippen molar-refractivity contribution in [3.05, 3.63) is 0 Å². The van der Waals surface area contributed by atoms with Crippen molar-refractivity contribution >= 4 is 0 Å². The average Bonchev–Trinajstić information content (AvgIpc) is 1.90. The summed E-state index contributed by atoms with van der Waals surface area (Å²) in [4.78, 5) is 0. The third-order valence-corrected chi connectivity index (χ3v) is 1.90. The summed E-state index contributed by atoms with van der Waals surface area (Å²) in [6, 6.07) is 0.273. The largest absolute Gasteiger partial charge is 0.395 e. The Morgan fingerprint density at radius 2 is 2.11 bits per heavy atom. The first-order chi connectivity index (χ1) is 4.26. The molecule has 0 aromatic heterocycles. The minimum Gasteiger partial charge on any atom is -0.395 e. The molecule has 0 aromatic rings. The highest BCUT2D eigenvalue weighted by atomic mass is 16.3. The fourth-order valence-electron chi connectivity index (χ4n) is 0.840. The van der Waals surface area contributed by atoms with Gasteiger partial charge in [0.2, 0.25) is 0 Å². The Balaban J connectivity index is 3.50. The van der Waals surface area contributed by atoms with Gasteiger partial charge in [-0.2, -0.15) is 0 Å². The van der Waals surface area contributed by atoms with Crippen LogP contribution in [0.1, 0.15) is 20.3 Å². The second-order valence-corrected chi connectivity index (χ2v) is 2.46. The van der Waals surface area contributed by atoms with Crippen LogP contribution in [0.2, 0.25) is 0 Å². The van der Waals surface area contributed by atoms with Crippen molar-refractivity contribution in [1.82, 2.24) is 5.32 Å². The van der Waals surface area contributed by atoms with Crippen LogP contribution < -0.4 is 5.32 Å². The molecule has 0 heterocycles. The molecule has 56 valence electrons. The van der Waals surface area contributed by atoms with Gasteiger partial charge in [0, 0.05) is 6.04 Å². The highest BCUT2D eigenvalue weighted by molar-refractivity contribution is 4.68. The van der Waals surface area contributed by atoms with Crippen LogP contribution in [0, 0.1) is 5.92 Å². The van der Waals surface area contributed by atoms with Gasteiger partial charge in [-0.3, -0.25) is 0 Å². The first kappa shape index (κ1) is 8.92. The molecule has 0 radical (unpaired) electrons. The molecule has 9 heavy (non-hydrogen) atoms. The molecular weight excluding hydrogens is 114 g/mol. The van der Waals surface area contributed by atoms with Crippen molar-refractivity contribution in [2.75, 3.05) is 13.7 Å². The molecule has 2 heteroatoms. The van der Waals surface area contributed by atoms with Crippen LogP contribution in [0.25, 0.3) is 0 Å². The van der Waals surface area contributed by atoms with Gasteiger partial charge in [-0.1, -0.05) is 20.3 Å². The van der Waals surface area contributed by atoms with Gasteiger partial charge in [0.05, 0.1) is 6.61 Å². The van der Waals surface area contributed by atoms with Gasteiger partial charge in [-0.25, -0.2) is 0 Å². The van der Waals surface area contributed by atoms with E-state index in [-0.39, 0.29) is 12.6 Å². The zero-order valence-corrected chi connectivity index (χ0v) is 6.52. The van der Waals surface area contributed by atoms with E-state index >= 15 is 0 Å². The lowest BCUT2D eigenvalue weighted by molar-refractivity contribution is 0.209. The van der Waals surface area contributed by atoms with Gasteiger partial charge in [0.15, 0.2) is 0 Å². The van der Waals surface area contributed by atoms with Crippen LogP contribution in [0.5, 0.6) is 0 Å². The first-order valence-electron chi connectivity index (χ1n) is 3.54. The summed E-state index contributed by atoms with van der Waals surface area (Å²) in [5, 5.41) is 11.8. The smallest absolute Gasteiger partial charge is 0.0587 e. The van der Waals surface area contributed by atoms with E-state index in [0.29, 0.717) is 5.92 Å². The Labute approximate surface area is 57.3 Å². The molecule has 0 aliphatic carbocycles. The molecule has 0 aliphatic heterocycles. The quantitative estimate of drug-likeness (QED) is 0.586. The lowest BCUT2D eigenvalue weighted by atomic mass is 10.0. The predicted molar refractivity (Wildman–Crippen MR) is 39.4 cm³/mol. The van der Waals surface area contributed by atoms with Gasteiger partial charge in [0.25, 0.3) is 0 Å². The Bertz CT molecular complexity index is 61.9. The summed E-state index contributed by atoms with van der Waals surface area (Å²) in [5.41, 5.74) is 0. The second-order valence-electron chi connectivity index (χ2n) is 2.46. The Kier molecular flexibility index (Phi) is 4.72. The van der Waals surface area contributed by atoms with Crippen molar-refractivity contribution < 1.29 is 5.11 Å². The summed E-state index contributed by atoms with van der Waals surface area (Å²) >= 11 is 0. The number of rotatable bonds is 4. The lowest BCUT2D eigenvalue weighted by Gasteiger charge is -2.19. The minimum absolute atomic E-state index is 0.242. The number of aliphatic hydroxyl groups excluding tert-OH is 1. The van der Waals surface area contributed by atoms with Gasteiger partial charge >= 0.3 is 0 Å². The van der Waals surface area contributed by atoms with Crippen molar-refractivity contribution in [3.63, 3.8) is 0 Å². The molecule has 0 saturated carbocycles. The average molecular weight is 131 g/mol. The highest BCUT2D eigenvalue weighted by Gasteiger charge is 2.10. The monoisotopic (exact) mass is 131 g/mol. The third kappa shape index (κ3) is 2.82. The normalized spacial score (nSPS) is 17.3. The molecule has 0 aromatic carbocycles. The van der Waals surface area contributed by atoms with Crippen LogP contribution in [0.15, 0.2) is 0 Å². The van der Waals surface area contributed by atoms with E-state index < -0.39 is 0 Å². The van der Waals surface area contributed by atoms with E-state index in [0.717, 1.165) is 6.42 Å². The summed E-state index contributed by atoms with van der Waals surface area (Å²) in [7, 11) is 1.88. The standard InChI is InChI=1S/C7H17NO/c1-4-6(2)7(5-9)8-3/h6-9H,4-5H2,1-3H3/t6-,7-/m1/s1. The van der Waals surface area contributed by atoms with Gasteiger partial charge in [-0.15, -0.1) is 0 Å². The summed E-state index contributed by atoms with van der Waals surface area (Å²) in [5.74, 6) is 0.569. The van der Waals surface area contributed by atoms with Crippen LogP contribution >= 0.6 is 0 Å². The molecule has 0 fully saturated rings. The molecule has 0 bridgehead atoms. The van der Waals surface area contributed by atoms with Crippen LogP contribution in [0.4, 0.5) is 0 Å². The second kappa shape index (κ2) is 4.77. The Hall–Kier alpha value is -0.0800. The van der Waals surface area contributed by atoms with Gasteiger partial charge in [-0.05, 0) is 13.0 Å². The number of hydrogen-bond acceptors (Lipinski definition) is 2. The maximum Gasteiger partial charge on any atom is 0.0587 e. The highest BCUT2D eigenvalue weighted by Crippen LogP contribution is 2.05. The number of hydrogen-bond donors (Lipinski definition) is 2. The summed E-state index contributed by atoms with van der Waals surface area (Å²) in [6.45, 7) is 4.51. The zero-order valence-electron chi connectivity index (χ0n) is 6.52. The Morgan fingerprint density at radius 3 is 2.22 bits per heavy atom. The van der Waals surface area contributed by atoms with Crippen LogP contribution in [-0.2, 0) is 0 Å². The molecule has 0 spiro atoms. The zero-order chi connectivity index (χ0) is 7.28. The number of nitrogens with one attached hydrogen (secondary N) is 1. The summed E-state index contributed by atoms with van der Waals surface area (Å²) in [6.07, 6.45) is 1.12. The Morgan fingerprint density at radius 1 is 1.56 bits per heavy atom. The van der Waals surface area contributed by atoms with E-state index in [2.05, 4.69) is 19.2 Å². The van der Waals surface area contributed by atoms with Crippen molar-refractivity contribution in [2.45, 2.75) is 26.3 Å². The van der Waals surface area contributed by atoms with Crippen LogP contribution in [-0.4, -0.2) is 24.8 Å². The lowest BCUT2D eigenvalue weighted by Crippen LogP contribution is -2.34.